The molecule has 0 fully saturated rings. The van der Waals surface area contributed by atoms with Crippen LogP contribution in [0, 0.1) is 0 Å². The van der Waals surface area contributed by atoms with Crippen LogP contribution >= 0.6 is 0 Å². The average molecular weight is 132 g/mol. The smallest absolute Gasteiger partial charge is 0.0587 e. The highest BCUT2D eigenvalue weighted by Gasteiger charge is 1.93. The van der Waals surface area contributed by atoms with Crippen LogP contribution in [0.4, 0.5) is 0 Å². The van der Waals surface area contributed by atoms with Crippen LogP contribution in [0.2, 0.25) is 0 Å². The Labute approximate surface area is 56.6 Å². The number of rotatable bonds is 5. The highest BCUT2D eigenvalue weighted by atomic mass is 16.5. The maximum absolute atomic E-state index is 5.35. The number of hydrogen-bond donors (Lipinski definition) is 2. The summed E-state index contributed by atoms with van der Waals surface area (Å²) in [5.41, 5.74) is 5.35. The van der Waals surface area contributed by atoms with Crippen LogP contribution in [0.25, 0.3) is 0 Å². The van der Waals surface area contributed by atoms with Crippen LogP contribution in [0.1, 0.15) is 6.92 Å². The zero-order valence-corrected chi connectivity index (χ0v) is 6.18. The molecule has 3 heteroatoms. The monoisotopic (exact) mass is 132 g/mol. The van der Waals surface area contributed by atoms with Gasteiger partial charge in [0, 0.05) is 26.2 Å². The molecule has 0 amide bonds. The lowest BCUT2D eigenvalue weighted by molar-refractivity contribution is 0.196. The van der Waals surface area contributed by atoms with E-state index >= 15 is 0 Å². The van der Waals surface area contributed by atoms with Gasteiger partial charge in [-0.25, -0.2) is 0 Å². The van der Waals surface area contributed by atoms with Gasteiger partial charge in [0.1, 0.15) is 0 Å². The van der Waals surface area contributed by atoms with Crippen molar-refractivity contribution in [3.8, 4) is 0 Å². The van der Waals surface area contributed by atoms with Crippen LogP contribution in [0.5, 0.6) is 0 Å². The Morgan fingerprint density at radius 1 is 1.67 bits per heavy atom. The first-order chi connectivity index (χ1) is 4.31. The van der Waals surface area contributed by atoms with E-state index in [9.17, 15) is 0 Å². The fourth-order valence-electron chi connectivity index (χ4n) is 0.491. The van der Waals surface area contributed by atoms with E-state index in [0.29, 0.717) is 12.6 Å². The number of methoxy groups -OCH3 is 1. The molecule has 56 valence electrons. The molecule has 0 unspecified atom stereocenters. The summed E-state index contributed by atoms with van der Waals surface area (Å²) < 4.78 is 4.83. The first kappa shape index (κ1) is 8.88. The van der Waals surface area contributed by atoms with E-state index in [0.717, 1.165) is 13.2 Å². The maximum Gasteiger partial charge on any atom is 0.0587 e. The van der Waals surface area contributed by atoms with Gasteiger partial charge in [-0.2, -0.15) is 0 Å². The third-order valence-corrected chi connectivity index (χ3v) is 1.15. The minimum Gasteiger partial charge on any atom is -0.383 e. The molecule has 3 nitrogen and oxygen atoms in total. The molecule has 0 spiro atoms. The van der Waals surface area contributed by atoms with E-state index in [1.807, 2.05) is 0 Å². The summed E-state index contributed by atoms with van der Waals surface area (Å²) in [5, 5.41) is 3.18. The van der Waals surface area contributed by atoms with Crippen molar-refractivity contribution in [3.63, 3.8) is 0 Å². The van der Waals surface area contributed by atoms with Gasteiger partial charge in [-0.05, 0) is 6.92 Å². The molecule has 9 heavy (non-hydrogen) atoms. The van der Waals surface area contributed by atoms with E-state index in [1.54, 1.807) is 7.11 Å². The van der Waals surface area contributed by atoms with Crippen LogP contribution in [0.3, 0.4) is 0 Å². The molecule has 0 bridgehead atoms. The zero-order valence-electron chi connectivity index (χ0n) is 6.18. The molecule has 0 aromatic rings. The van der Waals surface area contributed by atoms with E-state index in [1.165, 1.54) is 0 Å². The average Bonchev–Trinajstić information content (AvgIpc) is 1.89. The van der Waals surface area contributed by atoms with Gasteiger partial charge < -0.3 is 15.8 Å². The Morgan fingerprint density at radius 3 is 2.78 bits per heavy atom. The van der Waals surface area contributed by atoms with Crippen molar-refractivity contribution in [2.24, 2.45) is 5.73 Å². The van der Waals surface area contributed by atoms with Crippen molar-refractivity contribution in [3.05, 3.63) is 0 Å². The lowest BCUT2D eigenvalue weighted by Gasteiger charge is -2.09. The lowest BCUT2D eigenvalue weighted by atomic mass is 10.3. The van der Waals surface area contributed by atoms with Crippen molar-refractivity contribution in [1.82, 2.24) is 5.32 Å². The molecule has 0 aromatic carbocycles. The molecule has 3 N–H and O–H groups in total. The fraction of sp³-hybridized carbons (Fsp3) is 1.00. The summed E-state index contributed by atoms with van der Waals surface area (Å²) in [6.45, 7) is 4.37. The topological polar surface area (TPSA) is 47.3 Å². The second kappa shape index (κ2) is 6.01. The third kappa shape index (κ3) is 5.76. The highest BCUT2D eigenvalue weighted by Crippen LogP contribution is 1.73. The van der Waals surface area contributed by atoms with Gasteiger partial charge >= 0.3 is 0 Å². The van der Waals surface area contributed by atoms with Gasteiger partial charge in [-0.3, -0.25) is 0 Å². The van der Waals surface area contributed by atoms with Gasteiger partial charge in [-0.1, -0.05) is 0 Å². The Bertz CT molecular complexity index is 59.0. The fourth-order valence-corrected chi connectivity index (χ4v) is 0.491. The van der Waals surface area contributed by atoms with Gasteiger partial charge in [0.2, 0.25) is 0 Å². The molecule has 0 aromatic heterocycles. The quantitative estimate of drug-likeness (QED) is 0.499. The van der Waals surface area contributed by atoms with Crippen molar-refractivity contribution < 1.29 is 4.74 Å². The van der Waals surface area contributed by atoms with E-state index < -0.39 is 0 Å². The second-order valence-electron chi connectivity index (χ2n) is 2.08. The normalized spacial score (nSPS) is 13.7. The van der Waals surface area contributed by atoms with Crippen molar-refractivity contribution in [1.29, 1.82) is 0 Å². The van der Waals surface area contributed by atoms with Crippen LogP contribution in [-0.4, -0.2) is 32.8 Å². The van der Waals surface area contributed by atoms with Crippen molar-refractivity contribution in [2.45, 2.75) is 13.0 Å². The van der Waals surface area contributed by atoms with Crippen LogP contribution in [-0.2, 0) is 4.74 Å². The molecular weight excluding hydrogens is 116 g/mol. The van der Waals surface area contributed by atoms with Gasteiger partial charge in [0.05, 0.1) is 6.61 Å². The van der Waals surface area contributed by atoms with E-state index in [2.05, 4.69) is 12.2 Å². The van der Waals surface area contributed by atoms with Gasteiger partial charge in [0.25, 0.3) is 0 Å². The molecule has 0 aliphatic rings. The minimum atomic E-state index is 0.403. The molecule has 0 radical (unpaired) electrons. The standard InChI is InChI=1S/C6H16N2O/c1-6(5-7)8-3-4-9-2/h6,8H,3-5,7H2,1-2H3/t6-/m1/s1. The number of hydrogen-bond acceptors (Lipinski definition) is 3. The first-order valence-electron chi connectivity index (χ1n) is 3.23. The zero-order chi connectivity index (χ0) is 7.11. The lowest BCUT2D eigenvalue weighted by Crippen LogP contribution is -2.35. The molecule has 0 rings (SSSR count). The first-order valence-corrected chi connectivity index (χ1v) is 3.23. The predicted octanol–water partition coefficient (Wildman–Crippen LogP) is -0.430. The Morgan fingerprint density at radius 2 is 2.33 bits per heavy atom. The SMILES string of the molecule is COCCN[C@H](C)CN. The molecule has 0 heterocycles. The Balaban J connectivity index is 2.88. The van der Waals surface area contributed by atoms with Gasteiger partial charge in [0.15, 0.2) is 0 Å². The summed E-state index contributed by atoms with van der Waals surface area (Å²) in [6, 6.07) is 0.403. The summed E-state index contributed by atoms with van der Waals surface area (Å²) in [7, 11) is 1.69. The summed E-state index contributed by atoms with van der Waals surface area (Å²) >= 11 is 0. The van der Waals surface area contributed by atoms with Crippen molar-refractivity contribution in [2.75, 3.05) is 26.8 Å². The molecule has 0 saturated heterocycles. The molecule has 0 aliphatic carbocycles. The number of ether oxygens (including phenoxy) is 1. The third-order valence-electron chi connectivity index (χ3n) is 1.15. The summed E-state index contributed by atoms with van der Waals surface area (Å²) in [5.74, 6) is 0. The summed E-state index contributed by atoms with van der Waals surface area (Å²) in [6.07, 6.45) is 0. The van der Waals surface area contributed by atoms with Gasteiger partial charge in [-0.15, -0.1) is 0 Å². The van der Waals surface area contributed by atoms with Crippen LogP contribution in [0.15, 0.2) is 0 Å². The van der Waals surface area contributed by atoms with Crippen molar-refractivity contribution >= 4 is 0 Å². The summed E-state index contributed by atoms with van der Waals surface area (Å²) in [4.78, 5) is 0. The molecule has 0 aliphatic heterocycles. The Hall–Kier alpha value is -0.120. The minimum absolute atomic E-state index is 0.403. The molecule has 0 saturated carbocycles. The number of nitrogens with two attached hydrogens (primary N) is 1. The maximum atomic E-state index is 5.35. The molecular formula is C6H16N2O. The van der Waals surface area contributed by atoms with E-state index in [-0.39, 0.29) is 0 Å². The Kier molecular flexibility index (Phi) is 5.93. The highest BCUT2D eigenvalue weighted by molar-refractivity contribution is 4.58. The predicted molar refractivity (Wildman–Crippen MR) is 38.4 cm³/mol. The molecule has 1 atom stereocenters. The number of nitrogens with one attached hydrogen (secondary N) is 1. The largest absolute Gasteiger partial charge is 0.383 e. The second-order valence-corrected chi connectivity index (χ2v) is 2.08. The van der Waals surface area contributed by atoms with Crippen LogP contribution < -0.4 is 11.1 Å². The van der Waals surface area contributed by atoms with E-state index in [4.69, 9.17) is 10.5 Å².